The second-order valence-corrected chi connectivity index (χ2v) is 6.07. The van der Waals surface area contributed by atoms with Gasteiger partial charge in [-0.3, -0.25) is 19.9 Å². The zero-order valence-electron chi connectivity index (χ0n) is 11.6. The smallest absolute Gasteiger partial charge is 0.321 e. The Hall–Kier alpha value is -1.64. The fraction of sp³-hybridized carbons (Fsp3) is 0.462. The van der Waals surface area contributed by atoms with Gasteiger partial charge >= 0.3 is 5.97 Å². The topological polar surface area (TPSA) is 120 Å². The minimum atomic E-state index is -1.39. The van der Waals surface area contributed by atoms with E-state index in [1.165, 1.54) is 13.1 Å². The second-order valence-electron chi connectivity index (χ2n) is 4.83. The van der Waals surface area contributed by atoms with Crippen molar-refractivity contribution < 1.29 is 24.9 Å². The molecule has 1 aliphatic rings. The lowest BCUT2D eigenvalue weighted by Gasteiger charge is -2.29. The summed E-state index contributed by atoms with van der Waals surface area (Å²) >= 11 is 1.10. The highest BCUT2D eigenvalue weighted by Gasteiger charge is 2.50. The number of aliphatic hydroxyl groups excluding tert-OH is 1. The molecule has 1 aromatic rings. The quantitative estimate of drug-likeness (QED) is 0.619. The van der Waals surface area contributed by atoms with Gasteiger partial charge in [0.1, 0.15) is 11.8 Å². The molecule has 0 amide bonds. The lowest BCUT2D eigenvalue weighted by atomic mass is 9.96. The number of nitrogens with one attached hydrogen (secondary N) is 1. The van der Waals surface area contributed by atoms with Gasteiger partial charge in [0, 0.05) is 23.1 Å². The van der Waals surface area contributed by atoms with Crippen LogP contribution in [-0.2, 0) is 21.1 Å². The first-order chi connectivity index (χ1) is 9.83. The number of ketones is 1. The van der Waals surface area contributed by atoms with Crippen molar-refractivity contribution in [2.75, 3.05) is 5.75 Å². The molecule has 21 heavy (non-hydrogen) atoms. The average molecular weight is 312 g/mol. The Labute approximate surface area is 125 Å². The van der Waals surface area contributed by atoms with Gasteiger partial charge in [-0.05, 0) is 13.8 Å². The van der Waals surface area contributed by atoms with Crippen LogP contribution in [0.3, 0.4) is 0 Å². The Kier molecular flexibility index (Phi) is 4.22. The number of hydrogen-bond donors (Lipinski definition) is 4. The van der Waals surface area contributed by atoms with E-state index < -0.39 is 23.5 Å². The lowest BCUT2D eigenvalue weighted by molar-refractivity contribution is -0.139. The van der Waals surface area contributed by atoms with E-state index in [0.717, 1.165) is 11.8 Å². The number of aliphatic hydroxyl groups is 1. The van der Waals surface area contributed by atoms with Gasteiger partial charge in [-0.2, -0.15) is 0 Å². The van der Waals surface area contributed by atoms with E-state index >= 15 is 0 Å². The van der Waals surface area contributed by atoms with Gasteiger partial charge in [0.15, 0.2) is 10.7 Å². The van der Waals surface area contributed by atoms with Crippen molar-refractivity contribution in [3.8, 4) is 5.75 Å². The number of hydrogen-bond acceptors (Lipinski definition) is 7. The van der Waals surface area contributed by atoms with Crippen LogP contribution >= 0.6 is 11.8 Å². The van der Waals surface area contributed by atoms with E-state index in [2.05, 4.69) is 10.3 Å². The van der Waals surface area contributed by atoms with E-state index in [1.54, 1.807) is 6.92 Å². The molecule has 2 atom stereocenters. The molecule has 114 valence electrons. The van der Waals surface area contributed by atoms with E-state index in [4.69, 9.17) is 5.11 Å². The van der Waals surface area contributed by atoms with Gasteiger partial charge < -0.3 is 15.3 Å². The van der Waals surface area contributed by atoms with Crippen LogP contribution in [0.5, 0.6) is 5.75 Å². The third-order valence-electron chi connectivity index (χ3n) is 3.47. The van der Waals surface area contributed by atoms with Gasteiger partial charge in [0.2, 0.25) is 0 Å². The van der Waals surface area contributed by atoms with Crippen LogP contribution in [0, 0.1) is 6.92 Å². The van der Waals surface area contributed by atoms with E-state index in [0.29, 0.717) is 11.3 Å². The van der Waals surface area contributed by atoms with Crippen LogP contribution in [0.1, 0.15) is 23.7 Å². The first-order valence-electron chi connectivity index (χ1n) is 6.27. The Morgan fingerprint density at radius 3 is 2.71 bits per heavy atom. The number of rotatable bonds is 4. The van der Waals surface area contributed by atoms with Crippen LogP contribution in [0.4, 0.5) is 0 Å². The summed E-state index contributed by atoms with van der Waals surface area (Å²) in [4.78, 5) is 25.9. The minimum absolute atomic E-state index is 0.181. The predicted octanol–water partition coefficient (Wildman–Crippen LogP) is 0.119. The molecule has 2 rings (SSSR count). The minimum Gasteiger partial charge on any atom is -0.506 e. The second kappa shape index (κ2) is 5.63. The van der Waals surface area contributed by atoms with Crippen LogP contribution in [0.25, 0.3) is 0 Å². The number of nitrogens with zero attached hydrogens (tertiary/aromatic N) is 1. The summed E-state index contributed by atoms with van der Waals surface area (Å²) in [5, 5.41) is 31.6. The van der Waals surface area contributed by atoms with Crippen molar-refractivity contribution in [2.45, 2.75) is 31.4 Å². The van der Waals surface area contributed by atoms with Gasteiger partial charge in [0.25, 0.3) is 0 Å². The standard InChI is InChI=1S/C13H16N2O5S/c1-6-11(18)10(8(4-16)3-14-6)13(7(2)17)15-9(5-21-13)12(19)20/h3,9,15-16,18H,4-5H2,1-2H3,(H,19,20). The highest BCUT2D eigenvalue weighted by atomic mass is 32.2. The number of thioether (sulfide) groups is 1. The molecule has 1 fully saturated rings. The third kappa shape index (κ3) is 2.50. The molecule has 1 aromatic heterocycles. The number of aryl methyl sites for hydroxylation is 1. The average Bonchev–Trinajstić information content (AvgIpc) is 2.88. The molecular weight excluding hydrogens is 296 g/mol. The summed E-state index contributed by atoms with van der Waals surface area (Å²) in [6.07, 6.45) is 1.38. The van der Waals surface area contributed by atoms with Gasteiger partial charge in [0.05, 0.1) is 12.3 Å². The SMILES string of the molecule is CC(=O)C1(c2c(CO)cnc(C)c2O)NC(C(=O)O)CS1. The van der Waals surface area contributed by atoms with Crippen molar-refractivity contribution in [3.63, 3.8) is 0 Å². The first kappa shape index (κ1) is 15.7. The van der Waals surface area contributed by atoms with Crippen molar-refractivity contribution in [3.05, 3.63) is 23.0 Å². The Morgan fingerprint density at radius 2 is 2.24 bits per heavy atom. The molecule has 0 bridgehead atoms. The molecule has 0 saturated carbocycles. The molecule has 1 aliphatic heterocycles. The van der Waals surface area contributed by atoms with Gasteiger partial charge in [-0.1, -0.05) is 0 Å². The summed E-state index contributed by atoms with van der Waals surface area (Å²) in [5.41, 5.74) is 0.794. The molecular formula is C13H16N2O5S. The third-order valence-corrected chi connectivity index (χ3v) is 5.02. The lowest BCUT2D eigenvalue weighted by Crippen LogP contribution is -2.48. The summed E-state index contributed by atoms with van der Waals surface area (Å²) in [6.45, 7) is 2.48. The highest BCUT2D eigenvalue weighted by Crippen LogP contribution is 2.46. The summed E-state index contributed by atoms with van der Waals surface area (Å²) in [5.74, 6) is -1.43. The molecule has 8 heteroatoms. The number of Topliss-reactive ketones (excluding diaryl/α,β-unsaturated/α-hetero) is 1. The van der Waals surface area contributed by atoms with Crippen LogP contribution < -0.4 is 5.32 Å². The van der Waals surface area contributed by atoms with Gasteiger partial charge in [-0.15, -0.1) is 11.8 Å². The molecule has 4 N–H and O–H groups in total. The molecule has 7 nitrogen and oxygen atoms in total. The van der Waals surface area contributed by atoms with Crippen molar-refractivity contribution in [1.82, 2.24) is 10.3 Å². The van der Waals surface area contributed by atoms with Crippen LogP contribution in [0.15, 0.2) is 6.20 Å². The molecule has 2 unspecified atom stereocenters. The maximum atomic E-state index is 12.2. The number of aliphatic carboxylic acids is 1. The van der Waals surface area contributed by atoms with Gasteiger partial charge in [-0.25, -0.2) is 0 Å². The Balaban J connectivity index is 2.63. The van der Waals surface area contributed by atoms with Crippen LogP contribution in [-0.4, -0.2) is 43.9 Å². The molecule has 0 spiro atoms. The van der Waals surface area contributed by atoms with E-state index in [-0.39, 0.29) is 22.8 Å². The summed E-state index contributed by atoms with van der Waals surface area (Å²) in [7, 11) is 0. The largest absolute Gasteiger partial charge is 0.506 e. The monoisotopic (exact) mass is 312 g/mol. The van der Waals surface area contributed by atoms with Crippen molar-refractivity contribution in [2.24, 2.45) is 0 Å². The molecule has 0 aromatic carbocycles. The summed E-state index contributed by atoms with van der Waals surface area (Å²) < 4.78 is 0. The zero-order valence-corrected chi connectivity index (χ0v) is 12.4. The van der Waals surface area contributed by atoms with Crippen molar-refractivity contribution >= 4 is 23.5 Å². The number of pyridine rings is 1. The normalized spacial score (nSPS) is 25.0. The number of carbonyl (C=O) groups excluding carboxylic acids is 1. The molecule has 0 aliphatic carbocycles. The Morgan fingerprint density at radius 1 is 1.57 bits per heavy atom. The Bertz CT molecular complexity index is 606. The summed E-state index contributed by atoms with van der Waals surface area (Å²) in [6, 6.07) is -0.904. The predicted molar refractivity (Wildman–Crippen MR) is 75.9 cm³/mol. The highest BCUT2D eigenvalue weighted by molar-refractivity contribution is 8.01. The fourth-order valence-electron chi connectivity index (χ4n) is 2.34. The molecule has 0 radical (unpaired) electrons. The number of carboxylic acid groups (broad SMARTS) is 1. The number of aromatic hydroxyl groups is 1. The zero-order chi connectivity index (χ0) is 15.8. The molecule has 1 saturated heterocycles. The van der Waals surface area contributed by atoms with E-state index in [1.807, 2.05) is 0 Å². The fourth-order valence-corrected chi connectivity index (χ4v) is 3.78. The number of aromatic nitrogens is 1. The molecule has 2 heterocycles. The van der Waals surface area contributed by atoms with Crippen molar-refractivity contribution in [1.29, 1.82) is 0 Å². The van der Waals surface area contributed by atoms with E-state index in [9.17, 15) is 19.8 Å². The first-order valence-corrected chi connectivity index (χ1v) is 7.26. The maximum absolute atomic E-state index is 12.2. The number of carboxylic acids is 1. The van der Waals surface area contributed by atoms with Crippen LogP contribution in [0.2, 0.25) is 0 Å². The number of carbonyl (C=O) groups is 2. The maximum Gasteiger partial charge on any atom is 0.321 e.